The van der Waals surface area contributed by atoms with Gasteiger partial charge in [0.1, 0.15) is 6.61 Å². The molecule has 6 heteroatoms. The van der Waals surface area contributed by atoms with Gasteiger partial charge in [-0.1, -0.05) is 30.3 Å². The van der Waals surface area contributed by atoms with Crippen LogP contribution in [0.4, 0.5) is 0 Å². The van der Waals surface area contributed by atoms with Gasteiger partial charge in [-0.25, -0.2) is 4.89 Å². The Morgan fingerprint density at radius 3 is 2.24 bits per heavy atom. The van der Waals surface area contributed by atoms with Gasteiger partial charge in [-0.05, 0) is 61.7 Å². The molecule has 5 nitrogen and oxygen atoms in total. The van der Waals surface area contributed by atoms with Crippen LogP contribution in [0.15, 0.2) is 30.3 Å². The van der Waals surface area contributed by atoms with Crippen molar-refractivity contribution < 1.29 is 23.4 Å². The first-order valence-electron chi connectivity index (χ1n) is 9.44. The second kappa shape index (κ2) is 6.47. The Bertz CT molecular complexity index is 616. The molecule has 1 saturated heterocycles. The summed E-state index contributed by atoms with van der Waals surface area (Å²) < 4.78 is 23.9. The predicted octanol–water partition coefficient (Wildman–Crippen LogP) is 4.30. The second-order valence-corrected chi connectivity index (χ2v) is 9.21. The molecule has 5 aliphatic rings. The molecule has 2 atom stereocenters. The molecule has 0 amide bonds. The maximum Gasteiger partial charge on any atom is 0.322 e. The van der Waals surface area contributed by atoms with E-state index in [-0.39, 0.29) is 6.61 Å². The summed E-state index contributed by atoms with van der Waals surface area (Å²) in [7, 11) is -2.64. The van der Waals surface area contributed by atoms with Crippen LogP contribution in [-0.2, 0) is 29.2 Å². The van der Waals surface area contributed by atoms with E-state index in [0.29, 0.717) is 12.5 Å². The van der Waals surface area contributed by atoms with Gasteiger partial charge in [0.05, 0.1) is 6.61 Å². The molecule has 1 aromatic carbocycles. The van der Waals surface area contributed by atoms with E-state index < -0.39 is 14.0 Å². The topological polar surface area (TPSA) is 54.0 Å². The molecule has 0 spiro atoms. The average Bonchev–Trinajstić information content (AvgIpc) is 2.58. The van der Waals surface area contributed by atoms with E-state index in [4.69, 9.17) is 18.8 Å². The van der Waals surface area contributed by atoms with E-state index in [9.17, 15) is 4.57 Å². The third kappa shape index (κ3) is 3.00. The van der Waals surface area contributed by atoms with Gasteiger partial charge in [0.15, 0.2) is 0 Å². The van der Waals surface area contributed by atoms with Gasteiger partial charge in [-0.2, -0.15) is 4.89 Å². The predicted molar refractivity (Wildman–Crippen MR) is 91.7 cm³/mol. The molecule has 4 bridgehead atoms. The van der Waals surface area contributed by atoms with Crippen LogP contribution in [0.3, 0.4) is 0 Å². The molecule has 1 heterocycles. The summed E-state index contributed by atoms with van der Waals surface area (Å²) in [6.07, 6.45) is 6.81. The largest absolute Gasteiger partial charge is 0.322 e. The van der Waals surface area contributed by atoms with E-state index in [0.717, 1.165) is 29.2 Å². The van der Waals surface area contributed by atoms with Crippen LogP contribution >= 0.6 is 8.25 Å². The highest BCUT2D eigenvalue weighted by atomic mass is 31.1. The quantitative estimate of drug-likeness (QED) is 0.557. The van der Waals surface area contributed by atoms with Gasteiger partial charge in [-0.15, -0.1) is 0 Å². The van der Waals surface area contributed by atoms with Crippen LogP contribution < -0.4 is 0 Å². The zero-order valence-corrected chi connectivity index (χ0v) is 15.3. The van der Waals surface area contributed by atoms with E-state index in [2.05, 4.69) is 0 Å². The lowest BCUT2D eigenvalue weighted by molar-refractivity contribution is -0.531. The molecule has 0 aromatic heterocycles. The van der Waals surface area contributed by atoms with E-state index in [1.54, 1.807) is 0 Å². The summed E-state index contributed by atoms with van der Waals surface area (Å²) in [5, 5.41) is 0. The van der Waals surface area contributed by atoms with Crippen molar-refractivity contribution in [2.45, 2.75) is 37.9 Å². The minimum absolute atomic E-state index is 0.231. The Balaban J connectivity index is 1.20. The third-order valence-corrected chi connectivity index (χ3v) is 7.62. The van der Waals surface area contributed by atoms with Gasteiger partial charge in [0, 0.05) is 5.56 Å². The Labute approximate surface area is 148 Å². The Kier molecular flexibility index (Phi) is 4.26. The summed E-state index contributed by atoms with van der Waals surface area (Å²) in [5.74, 6) is 2.87. The normalized spacial score (nSPS) is 43.0. The Hall–Kier alpha value is -0.710. The lowest BCUT2D eigenvalue weighted by Gasteiger charge is -2.54. The Morgan fingerprint density at radius 2 is 1.68 bits per heavy atom. The van der Waals surface area contributed by atoms with Crippen molar-refractivity contribution in [2.24, 2.45) is 29.6 Å². The third-order valence-electron chi connectivity index (χ3n) is 6.72. The summed E-state index contributed by atoms with van der Waals surface area (Å²) in [4.78, 5) is 10.0. The fourth-order valence-corrected chi connectivity index (χ4v) is 6.60. The molecular weight excluding hydrogens is 339 g/mol. The molecule has 2 unspecified atom stereocenters. The standard InChI is InChI=1S/C19H25O5P/c20-25(24-19(12-21-23-19)17-4-2-1-3-5-17)22-11-18-15-7-13-6-14(9-15)10-16(18)8-13/h1-5,13-16,18,25H,6-12H2. The minimum atomic E-state index is -2.64. The maximum atomic E-state index is 12.5. The first-order valence-corrected chi connectivity index (χ1v) is 10.7. The molecule has 1 aliphatic heterocycles. The smallest absolute Gasteiger partial charge is 0.310 e. The van der Waals surface area contributed by atoms with Crippen LogP contribution in [-0.4, -0.2) is 13.2 Å². The molecule has 0 radical (unpaired) electrons. The minimum Gasteiger partial charge on any atom is -0.310 e. The van der Waals surface area contributed by atoms with E-state index >= 15 is 0 Å². The molecule has 0 N–H and O–H groups in total. The highest BCUT2D eigenvalue weighted by Crippen LogP contribution is 2.57. The molecule has 4 aliphatic carbocycles. The monoisotopic (exact) mass is 364 g/mol. The van der Waals surface area contributed by atoms with Crippen molar-refractivity contribution in [3.05, 3.63) is 35.9 Å². The van der Waals surface area contributed by atoms with Crippen LogP contribution in [0.5, 0.6) is 0 Å². The number of rotatable bonds is 6. The second-order valence-electron chi connectivity index (χ2n) is 8.22. The summed E-state index contributed by atoms with van der Waals surface area (Å²) in [5.41, 5.74) is 0.804. The summed E-state index contributed by atoms with van der Waals surface area (Å²) in [6, 6.07) is 9.48. The van der Waals surface area contributed by atoms with Crippen molar-refractivity contribution in [2.75, 3.05) is 13.2 Å². The van der Waals surface area contributed by atoms with Crippen LogP contribution in [0.1, 0.15) is 37.7 Å². The van der Waals surface area contributed by atoms with Crippen molar-refractivity contribution in [1.29, 1.82) is 0 Å². The fourth-order valence-electron chi connectivity index (χ4n) is 5.73. The van der Waals surface area contributed by atoms with Crippen LogP contribution in [0.25, 0.3) is 0 Å². The van der Waals surface area contributed by atoms with Crippen LogP contribution in [0, 0.1) is 29.6 Å². The van der Waals surface area contributed by atoms with Crippen molar-refractivity contribution in [3.63, 3.8) is 0 Å². The molecule has 136 valence electrons. The van der Waals surface area contributed by atoms with E-state index in [1.807, 2.05) is 30.3 Å². The zero-order chi connectivity index (χ0) is 16.9. The molecule has 25 heavy (non-hydrogen) atoms. The number of hydrogen-bond donors (Lipinski definition) is 0. The lowest BCUT2D eigenvalue weighted by Crippen LogP contribution is -2.47. The van der Waals surface area contributed by atoms with Crippen LogP contribution in [0.2, 0.25) is 0 Å². The summed E-state index contributed by atoms with van der Waals surface area (Å²) in [6.45, 7) is 0.785. The lowest BCUT2D eigenvalue weighted by atomic mass is 9.52. The van der Waals surface area contributed by atoms with Crippen molar-refractivity contribution in [1.82, 2.24) is 0 Å². The number of benzene rings is 1. The fraction of sp³-hybridized carbons (Fsp3) is 0.684. The van der Waals surface area contributed by atoms with Gasteiger partial charge < -0.3 is 4.52 Å². The highest BCUT2D eigenvalue weighted by molar-refractivity contribution is 7.33. The molecule has 5 fully saturated rings. The summed E-state index contributed by atoms with van der Waals surface area (Å²) >= 11 is 0. The highest BCUT2D eigenvalue weighted by Gasteiger charge is 2.49. The average molecular weight is 364 g/mol. The van der Waals surface area contributed by atoms with Crippen molar-refractivity contribution in [3.8, 4) is 0 Å². The van der Waals surface area contributed by atoms with Gasteiger partial charge in [-0.3, -0.25) is 9.09 Å². The first kappa shape index (κ1) is 16.5. The maximum absolute atomic E-state index is 12.5. The van der Waals surface area contributed by atoms with E-state index in [1.165, 1.54) is 32.1 Å². The Morgan fingerprint density at radius 1 is 1.04 bits per heavy atom. The number of hydrogen-bond acceptors (Lipinski definition) is 5. The van der Waals surface area contributed by atoms with Gasteiger partial charge in [0.25, 0.3) is 5.79 Å². The molecular formula is C19H25O5P. The van der Waals surface area contributed by atoms with Gasteiger partial charge >= 0.3 is 8.25 Å². The molecule has 6 rings (SSSR count). The molecule has 1 aromatic rings. The zero-order valence-electron chi connectivity index (χ0n) is 14.3. The van der Waals surface area contributed by atoms with Crippen molar-refractivity contribution >= 4 is 8.25 Å². The first-order chi connectivity index (χ1) is 12.2. The SMILES string of the molecule is O=[PH](OCC1C2CC3CC(C2)CC1C3)OC1(c2ccccc2)COO1. The van der Waals surface area contributed by atoms with Gasteiger partial charge in [0.2, 0.25) is 0 Å². The molecule has 4 saturated carbocycles.